The summed E-state index contributed by atoms with van der Waals surface area (Å²) in [5, 5.41) is 11.5. The van der Waals surface area contributed by atoms with E-state index in [1.54, 1.807) is 25.8 Å². The molecule has 0 fully saturated rings. The SMILES string of the molecule is CCNc1cc(C(F)(F)F)cc(N(C)CC(C)C#N)n1. The van der Waals surface area contributed by atoms with Gasteiger partial charge < -0.3 is 10.2 Å². The minimum absolute atomic E-state index is 0.175. The largest absolute Gasteiger partial charge is 0.416 e. The smallest absolute Gasteiger partial charge is 0.370 e. The Kier molecular flexibility index (Phi) is 5.19. The Balaban J connectivity index is 3.12. The molecule has 110 valence electrons. The number of pyridine rings is 1. The van der Waals surface area contributed by atoms with Gasteiger partial charge in [0.1, 0.15) is 11.6 Å². The molecule has 1 aromatic heterocycles. The highest BCUT2D eigenvalue weighted by Crippen LogP contribution is 2.32. The Hall–Kier alpha value is -1.97. The molecule has 0 aliphatic rings. The van der Waals surface area contributed by atoms with Gasteiger partial charge >= 0.3 is 6.18 Å². The molecule has 4 nitrogen and oxygen atoms in total. The average molecular weight is 286 g/mol. The van der Waals surface area contributed by atoms with Crippen LogP contribution in [0.1, 0.15) is 19.4 Å². The van der Waals surface area contributed by atoms with Crippen LogP contribution >= 0.6 is 0 Å². The van der Waals surface area contributed by atoms with Crippen LogP contribution in [0.4, 0.5) is 24.8 Å². The first-order chi connectivity index (χ1) is 9.27. The molecule has 0 bridgehead atoms. The van der Waals surface area contributed by atoms with Crippen LogP contribution in [-0.4, -0.2) is 25.1 Å². The lowest BCUT2D eigenvalue weighted by Crippen LogP contribution is -2.25. The second-order valence-corrected chi connectivity index (χ2v) is 4.54. The van der Waals surface area contributed by atoms with Gasteiger partial charge in [-0.25, -0.2) is 4.98 Å². The van der Waals surface area contributed by atoms with Crippen LogP contribution in [0, 0.1) is 17.2 Å². The lowest BCUT2D eigenvalue weighted by atomic mass is 10.2. The third-order valence-electron chi connectivity index (χ3n) is 2.66. The lowest BCUT2D eigenvalue weighted by molar-refractivity contribution is -0.137. The average Bonchev–Trinajstić information content (AvgIpc) is 2.37. The molecule has 1 heterocycles. The van der Waals surface area contributed by atoms with E-state index >= 15 is 0 Å². The van der Waals surface area contributed by atoms with E-state index in [1.807, 2.05) is 6.07 Å². The van der Waals surface area contributed by atoms with Crippen LogP contribution < -0.4 is 10.2 Å². The molecule has 1 rings (SSSR count). The topological polar surface area (TPSA) is 52.0 Å². The van der Waals surface area contributed by atoms with Gasteiger partial charge in [-0.15, -0.1) is 0 Å². The first kappa shape index (κ1) is 16.1. The monoisotopic (exact) mass is 286 g/mol. The molecular formula is C13H17F3N4. The predicted molar refractivity (Wildman–Crippen MR) is 71.4 cm³/mol. The molecule has 7 heteroatoms. The quantitative estimate of drug-likeness (QED) is 0.903. The number of anilines is 2. The summed E-state index contributed by atoms with van der Waals surface area (Å²) in [6, 6.07) is 4.01. The van der Waals surface area contributed by atoms with Gasteiger partial charge in [-0.05, 0) is 26.0 Å². The van der Waals surface area contributed by atoms with Crippen LogP contribution in [-0.2, 0) is 6.18 Å². The fourth-order valence-electron chi connectivity index (χ4n) is 1.69. The summed E-state index contributed by atoms with van der Waals surface area (Å²) in [7, 11) is 1.62. The van der Waals surface area contributed by atoms with Crippen LogP contribution in [0.5, 0.6) is 0 Å². The fourth-order valence-corrected chi connectivity index (χ4v) is 1.69. The van der Waals surface area contributed by atoms with Gasteiger partial charge in [-0.2, -0.15) is 18.4 Å². The number of nitriles is 1. The van der Waals surface area contributed by atoms with E-state index in [-0.39, 0.29) is 17.6 Å². The minimum Gasteiger partial charge on any atom is -0.370 e. The second kappa shape index (κ2) is 6.46. The van der Waals surface area contributed by atoms with Gasteiger partial charge in [-0.3, -0.25) is 0 Å². The van der Waals surface area contributed by atoms with Crippen molar-refractivity contribution < 1.29 is 13.2 Å². The molecule has 0 amide bonds. The molecule has 0 aliphatic heterocycles. The summed E-state index contributed by atoms with van der Waals surface area (Å²) >= 11 is 0. The van der Waals surface area contributed by atoms with Crippen molar-refractivity contribution in [3.05, 3.63) is 17.7 Å². The van der Waals surface area contributed by atoms with E-state index in [0.717, 1.165) is 12.1 Å². The van der Waals surface area contributed by atoms with Crippen molar-refractivity contribution in [1.82, 2.24) is 4.98 Å². The summed E-state index contributed by atoms with van der Waals surface area (Å²) in [4.78, 5) is 5.67. The Morgan fingerprint density at radius 3 is 2.60 bits per heavy atom. The number of halogens is 3. The molecule has 1 unspecified atom stereocenters. The van der Waals surface area contributed by atoms with Gasteiger partial charge in [-0.1, -0.05) is 0 Å². The Labute approximate surface area is 116 Å². The number of hydrogen-bond acceptors (Lipinski definition) is 4. The molecule has 0 aromatic carbocycles. The number of rotatable bonds is 5. The molecule has 0 radical (unpaired) electrons. The Bertz CT molecular complexity index is 493. The minimum atomic E-state index is -4.43. The Morgan fingerprint density at radius 2 is 2.10 bits per heavy atom. The van der Waals surface area contributed by atoms with E-state index in [0.29, 0.717) is 13.1 Å². The van der Waals surface area contributed by atoms with Crippen LogP contribution in [0.3, 0.4) is 0 Å². The van der Waals surface area contributed by atoms with Crippen LogP contribution in [0.15, 0.2) is 12.1 Å². The van der Waals surface area contributed by atoms with Crippen molar-refractivity contribution in [3.63, 3.8) is 0 Å². The highest BCUT2D eigenvalue weighted by atomic mass is 19.4. The highest BCUT2D eigenvalue weighted by molar-refractivity contribution is 5.51. The molecule has 0 aliphatic carbocycles. The van der Waals surface area contributed by atoms with E-state index in [1.165, 1.54) is 0 Å². The summed E-state index contributed by atoms with van der Waals surface area (Å²) in [6.45, 7) is 4.28. The molecular weight excluding hydrogens is 269 g/mol. The van der Waals surface area contributed by atoms with Gasteiger partial charge in [0.15, 0.2) is 0 Å². The molecule has 20 heavy (non-hydrogen) atoms. The maximum absolute atomic E-state index is 12.9. The number of aromatic nitrogens is 1. The molecule has 0 saturated carbocycles. The van der Waals surface area contributed by atoms with Gasteiger partial charge in [0.05, 0.1) is 17.6 Å². The van der Waals surface area contributed by atoms with Crippen molar-refractivity contribution in [3.8, 4) is 6.07 Å². The highest BCUT2D eigenvalue weighted by Gasteiger charge is 2.32. The molecule has 1 N–H and O–H groups in total. The zero-order valence-electron chi connectivity index (χ0n) is 11.6. The zero-order chi connectivity index (χ0) is 15.3. The summed E-state index contributed by atoms with van der Waals surface area (Å²) in [5.41, 5.74) is -0.755. The van der Waals surface area contributed by atoms with Crippen molar-refractivity contribution in [2.45, 2.75) is 20.0 Å². The summed E-state index contributed by atoms with van der Waals surface area (Å²) in [6.07, 6.45) is -4.43. The summed E-state index contributed by atoms with van der Waals surface area (Å²) < 4.78 is 38.6. The first-order valence-corrected chi connectivity index (χ1v) is 6.21. The van der Waals surface area contributed by atoms with Crippen molar-refractivity contribution >= 4 is 11.6 Å². The van der Waals surface area contributed by atoms with Crippen molar-refractivity contribution in [2.24, 2.45) is 5.92 Å². The lowest BCUT2D eigenvalue weighted by Gasteiger charge is -2.21. The number of hydrogen-bond donors (Lipinski definition) is 1. The van der Waals surface area contributed by atoms with E-state index < -0.39 is 11.7 Å². The molecule has 0 spiro atoms. The normalized spacial score (nSPS) is 12.7. The van der Waals surface area contributed by atoms with E-state index in [2.05, 4.69) is 10.3 Å². The van der Waals surface area contributed by atoms with Crippen LogP contribution in [0.2, 0.25) is 0 Å². The molecule has 1 aromatic rings. The molecule has 0 saturated heterocycles. The number of nitrogens with one attached hydrogen (secondary N) is 1. The summed E-state index contributed by atoms with van der Waals surface area (Å²) in [5.74, 6) is 0.0746. The molecule has 1 atom stereocenters. The van der Waals surface area contributed by atoms with E-state index in [9.17, 15) is 13.2 Å². The van der Waals surface area contributed by atoms with E-state index in [4.69, 9.17) is 5.26 Å². The van der Waals surface area contributed by atoms with Gasteiger partial charge in [0.25, 0.3) is 0 Å². The third kappa shape index (κ3) is 4.30. The maximum atomic E-state index is 12.9. The predicted octanol–water partition coefficient (Wildman–Crippen LogP) is 3.13. The van der Waals surface area contributed by atoms with Crippen LogP contribution in [0.25, 0.3) is 0 Å². The second-order valence-electron chi connectivity index (χ2n) is 4.54. The number of alkyl halides is 3. The van der Waals surface area contributed by atoms with Crippen molar-refractivity contribution in [1.29, 1.82) is 5.26 Å². The maximum Gasteiger partial charge on any atom is 0.416 e. The van der Waals surface area contributed by atoms with Gasteiger partial charge in [0.2, 0.25) is 0 Å². The fraction of sp³-hybridized carbons (Fsp3) is 0.538. The number of nitrogens with zero attached hydrogens (tertiary/aromatic N) is 3. The third-order valence-corrected chi connectivity index (χ3v) is 2.66. The standard InChI is InChI=1S/C13H17F3N4/c1-4-18-11-5-10(13(14,15)16)6-12(19-11)20(3)8-9(2)7-17/h5-6,9H,4,8H2,1-3H3,(H,18,19). The first-order valence-electron chi connectivity index (χ1n) is 6.21. The zero-order valence-corrected chi connectivity index (χ0v) is 11.6. The Morgan fingerprint density at radius 1 is 1.45 bits per heavy atom. The van der Waals surface area contributed by atoms with Gasteiger partial charge in [0, 0.05) is 20.1 Å². The van der Waals surface area contributed by atoms with Crippen molar-refractivity contribution in [2.75, 3.05) is 30.4 Å².